The molecule has 412 valence electrons. The van der Waals surface area contributed by atoms with E-state index in [0.717, 1.165) is 38.9 Å². The summed E-state index contributed by atoms with van der Waals surface area (Å²) in [7, 11) is 0. The Kier molecular flexibility index (Phi) is 20.6. The van der Waals surface area contributed by atoms with Gasteiger partial charge in [0.25, 0.3) is 0 Å². The van der Waals surface area contributed by atoms with Crippen LogP contribution in [0, 0.1) is 0 Å². The fraction of sp³-hybridized carbons (Fsp3) is 0.279. The molecule has 80 heavy (non-hydrogen) atoms. The summed E-state index contributed by atoms with van der Waals surface area (Å²) in [5.41, 5.74) is 6.61. The Morgan fingerprint density at radius 2 is 0.625 bits per heavy atom. The quantitative estimate of drug-likeness (QED) is 0.0518. The number of benzene rings is 8. The minimum atomic E-state index is -1.46. The zero-order valence-electron chi connectivity index (χ0n) is 44.5. The van der Waals surface area contributed by atoms with Gasteiger partial charge in [-0.15, -0.1) is 0 Å². The summed E-state index contributed by atoms with van der Waals surface area (Å²) in [6.07, 6.45) is -12.4. The molecule has 0 unspecified atom stereocenters. The first kappa shape index (κ1) is 56.1. The van der Waals surface area contributed by atoms with Crippen LogP contribution in [0.3, 0.4) is 0 Å². The summed E-state index contributed by atoms with van der Waals surface area (Å²) in [4.78, 5) is 14.6. The number of hydrogen-bond acceptors (Lipinski definition) is 12. The van der Waals surface area contributed by atoms with Gasteiger partial charge in [0, 0.05) is 0 Å². The van der Waals surface area contributed by atoms with Crippen LogP contribution < -0.4 is 0 Å². The van der Waals surface area contributed by atoms with Crippen LogP contribution in [0.15, 0.2) is 243 Å². The van der Waals surface area contributed by atoms with Gasteiger partial charge in [0.15, 0.2) is 12.4 Å². The molecule has 0 aromatic heterocycles. The van der Waals surface area contributed by atoms with Crippen LogP contribution in [-0.4, -0.2) is 85.0 Å². The average molecular weight is 1080 g/mol. The normalized spacial score (nSPS) is 23.7. The summed E-state index contributed by atoms with van der Waals surface area (Å²) in [5, 5.41) is 13.3. The maximum Gasteiger partial charge on any atom is 0.338 e. The number of carbonyl (C=O) groups is 1. The Balaban J connectivity index is 1.08. The van der Waals surface area contributed by atoms with E-state index in [2.05, 4.69) is 0 Å². The second-order valence-corrected chi connectivity index (χ2v) is 19.9. The van der Waals surface area contributed by atoms with Crippen molar-refractivity contribution >= 4 is 5.97 Å². The number of aliphatic hydroxyl groups excluding tert-OH is 1. The Morgan fingerprint density at radius 1 is 0.338 bits per heavy atom. The van der Waals surface area contributed by atoms with E-state index in [4.69, 9.17) is 47.4 Å². The van der Waals surface area contributed by atoms with Crippen molar-refractivity contribution in [2.45, 2.75) is 114 Å². The van der Waals surface area contributed by atoms with Crippen molar-refractivity contribution in [3.8, 4) is 0 Å². The van der Waals surface area contributed by atoms with Gasteiger partial charge in [0.1, 0.15) is 54.9 Å². The Bertz CT molecular complexity index is 3000. The molecule has 8 aromatic carbocycles. The summed E-state index contributed by atoms with van der Waals surface area (Å²) < 4.78 is 69.6. The smallest absolute Gasteiger partial charge is 0.338 e. The standard InChI is InChI=1S/C68H68O12/c69-58-60(73-43-51-29-13-3-14-30-51)63(75-45-53-33-17-5-18-34-53)65(77-47-55-37-21-7-22-38-55)64(76-46-54-35-19-6-20-36-54)61(58)80-68-66(79-67(70)56-39-23-8-24-40-56)62(74-44-52-31-15-4-16-32-52)59(72-42-50-27-11-2-12-28-50)57(78-68)48-71-41-49-25-9-1-10-26-49/h1-40,57-66,68-69H,41-48H2/t57-,58+,59-,60+,61+,62+,63-,64+,65+,66+,68-/m1/s1. The fourth-order valence-corrected chi connectivity index (χ4v) is 10.1. The lowest BCUT2D eigenvalue weighted by atomic mass is 9.83. The molecule has 2 fully saturated rings. The van der Waals surface area contributed by atoms with Crippen LogP contribution in [-0.2, 0) is 93.6 Å². The summed E-state index contributed by atoms with van der Waals surface area (Å²) >= 11 is 0. The predicted octanol–water partition coefficient (Wildman–Crippen LogP) is 11.4. The Labute approximate surface area is 468 Å². The average Bonchev–Trinajstić information content (AvgIpc) is 3.68. The lowest BCUT2D eigenvalue weighted by Crippen LogP contribution is -2.69. The molecule has 0 bridgehead atoms. The zero-order valence-corrected chi connectivity index (χ0v) is 44.5. The molecule has 1 N–H and O–H groups in total. The van der Waals surface area contributed by atoms with Crippen LogP contribution >= 0.6 is 0 Å². The van der Waals surface area contributed by atoms with E-state index in [1.807, 2.05) is 218 Å². The van der Waals surface area contributed by atoms with Gasteiger partial charge in [-0.05, 0) is 51.1 Å². The predicted molar refractivity (Wildman–Crippen MR) is 301 cm³/mol. The highest BCUT2D eigenvalue weighted by molar-refractivity contribution is 5.89. The van der Waals surface area contributed by atoms with Gasteiger partial charge in [-0.25, -0.2) is 4.79 Å². The lowest BCUT2D eigenvalue weighted by molar-refractivity contribution is -0.356. The van der Waals surface area contributed by atoms with E-state index in [1.54, 1.807) is 24.3 Å². The van der Waals surface area contributed by atoms with Crippen LogP contribution in [0.5, 0.6) is 0 Å². The fourth-order valence-electron chi connectivity index (χ4n) is 10.1. The largest absolute Gasteiger partial charge is 0.450 e. The molecular formula is C68H68O12. The van der Waals surface area contributed by atoms with Crippen molar-refractivity contribution in [2.75, 3.05) is 6.61 Å². The molecule has 1 heterocycles. The molecule has 11 atom stereocenters. The number of ether oxygens (including phenoxy) is 10. The molecule has 12 heteroatoms. The highest BCUT2D eigenvalue weighted by Crippen LogP contribution is 2.39. The van der Waals surface area contributed by atoms with Crippen LogP contribution in [0.4, 0.5) is 0 Å². The summed E-state index contributed by atoms with van der Waals surface area (Å²) in [6.45, 7) is 1.12. The van der Waals surface area contributed by atoms with Gasteiger partial charge in [-0.2, -0.15) is 0 Å². The maximum absolute atomic E-state index is 14.6. The minimum absolute atomic E-state index is 0.0148. The van der Waals surface area contributed by atoms with Gasteiger partial charge in [-0.3, -0.25) is 0 Å². The highest BCUT2D eigenvalue weighted by Gasteiger charge is 2.58. The molecule has 0 radical (unpaired) electrons. The maximum atomic E-state index is 14.6. The Hall–Kier alpha value is -7.17. The molecule has 1 saturated carbocycles. The molecule has 1 aliphatic carbocycles. The first-order valence-corrected chi connectivity index (χ1v) is 27.3. The third-order valence-corrected chi connectivity index (χ3v) is 14.2. The highest BCUT2D eigenvalue weighted by atomic mass is 16.7. The van der Waals surface area contributed by atoms with E-state index in [0.29, 0.717) is 5.56 Å². The second-order valence-electron chi connectivity index (χ2n) is 19.9. The van der Waals surface area contributed by atoms with Gasteiger partial charge >= 0.3 is 5.97 Å². The van der Waals surface area contributed by atoms with Crippen molar-refractivity contribution in [3.05, 3.63) is 287 Å². The molecule has 10 rings (SSSR count). The number of carbonyl (C=O) groups excluding carboxylic acids is 1. The van der Waals surface area contributed by atoms with E-state index in [1.165, 1.54) is 0 Å². The Morgan fingerprint density at radius 3 is 1.00 bits per heavy atom. The monoisotopic (exact) mass is 1080 g/mol. The topological polar surface area (TPSA) is 130 Å². The van der Waals surface area contributed by atoms with Gasteiger partial charge in [0.2, 0.25) is 0 Å². The van der Waals surface area contributed by atoms with Gasteiger partial charge in [-0.1, -0.05) is 231 Å². The van der Waals surface area contributed by atoms with Crippen molar-refractivity contribution in [2.24, 2.45) is 0 Å². The molecule has 0 spiro atoms. The van der Waals surface area contributed by atoms with E-state index in [9.17, 15) is 9.90 Å². The molecule has 8 aromatic rings. The van der Waals surface area contributed by atoms with Crippen molar-refractivity contribution < 1.29 is 57.3 Å². The first-order chi connectivity index (χ1) is 39.5. The minimum Gasteiger partial charge on any atom is -0.450 e. The number of aliphatic hydroxyl groups is 1. The lowest BCUT2D eigenvalue weighted by Gasteiger charge is -2.51. The van der Waals surface area contributed by atoms with Crippen molar-refractivity contribution in [1.82, 2.24) is 0 Å². The number of hydrogen-bond donors (Lipinski definition) is 1. The first-order valence-electron chi connectivity index (χ1n) is 27.3. The van der Waals surface area contributed by atoms with E-state index < -0.39 is 73.3 Å². The van der Waals surface area contributed by atoms with Crippen LogP contribution in [0.2, 0.25) is 0 Å². The second kappa shape index (κ2) is 29.3. The van der Waals surface area contributed by atoms with Crippen LogP contribution in [0.1, 0.15) is 49.3 Å². The summed E-state index contributed by atoms with van der Waals surface area (Å²) in [5.74, 6) is -0.648. The molecule has 12 nitrogen and oxygen atoms in total. The zero-order chi connectivity index (χ0) is 54.6. The van der Waals surface area contributed by atoms with Crippen molar-refractivity contribution in [3.63, 3.8) is 0 Å². The summed E-state index contributed by atoms with van der Waals surface area (Å²) in [6, 6.07) is 77.3. The van der Waals surface area contributed by atoms with Crippen molar-refractivity contribution in [1.29, 1.82) is 0 Å². The number of rotatable bonds is 26. The molecule has 1 aliphatic heterocycles. The van der Waals surface area contributed by atoms with E-state index in [-0.39, 0.29) is 52.9 Å². The third-order valence-electron chi connectivity index (χ3n) is 14.2. The molecule has 2 aliphatic rings. The van der Waals surface area contributed by atoms with Gasteiger partial charge in [0.05, 0.1) is 58.4 Å². The number of esters is 1. The van der Waals surface area contributed by atoms with Crippen LogP contribution in [0.25, 0.3) is 0 Å². The molecule has 1 saturated heterocycles. The SMILES string of the molecule is O=C(O[C@@H]1[C@@H](O[C@H]2[C@@H](O)[C@H](OCc3ccccc3)[C@@H](OCc3ccccc3)[C@H](OCc3ccccc3)[C@H]2OCc2ccccc2)O[C@H](COCc2ccccc2)[C@@H](OCc2ccccc2)[C@@H]1OCc1ccccc1)c1ccccc1. The molecular weight excluding hydrogens is 1010 g/mol. The van der Waals surface area contributed by atoms with E-state index >= 15 is 0 Å². The van der Waals surface area contributed by atoms with Gasteiger partial charge < -0.3 is 52.5 Å². The molecule has 0 amide bonds. The third kappa shape index (κ3) is 15.6.